The Morgan fingerprint density at radius 2 is 1.91 bits per heavy atom. The van der Waals surface area contributed by atoms with Crippen LogP contribution in [-0.2, 0) is 17.6 Å². The van der Waals surface area contributed by atoms with E-state index in [2.05, 4.69) is 46.4 Å². The minimum absolute atomic E-state index is 0.0303. The first kappa shape index (κ1) is 23.1. The summed E-state index contributed by atoms with van der Waals surface area (Å²) in [6.07, 6.45) is 12.4. The van der Waals surface area contributed by atoms with Crippen molar-refractivity contribution in [2.45, 2.75) is 57.9 Å². The zero-order valence-corrected chi connectivity index (χ0v) is 19.5. The van der Waals surface area contributed by atoms with Crippen molar-refractivity contribution in [3.63, 3.8) is 0 Å². The number of piperidine rings is 1. The van der Waals surface area contributed by atoms with Gasteiger partial charge >= 0.3 is 0 Å². The van der Waals surface area contributed by atoms with Crippen molar-refractivity contribution < 1.29 is 4.79 Å². The van der Waals surface area contributed by atoms with Crippen LogP contribution in [0.25, 0.3) is 5.95 Å². The molecule has 1 aliphatic heterocycles. The number of rotatable bonds is 10. The Morgan fingerprint density at radius 1 is 1.09 bits per heavy atom. The van der Waals surface area contributed by atoms with Gasteiger partial charge in [-0.2, -0.15) is 0 Å². The molecule has 3 aromatic rings. The van der Waals surface area contributed by atoms with Gasteiger partial charge in [0.05, 0.1) is 5.69 Å². The third kappa shape index (κ3) is 6.26. The van der Waals surface area contributed by atoms with E-state index >= 15 is 0 Å². The average Bonchev–Trinajstić information content (AvgIpc) is 3.39. The van der Waals surface area contributed by atoms with Gasteiger partial charge in [0.15, 0.2) is 0 Å². The second-order valence-electron chi connectivity index (χ2n) is 8.68. The number of aromatic nitrogens is 4. The van der Waals surface area contributed by atoms with Gasteiger partial charge in [-0.05, 0) is 56.8 Å². The number of carbonyl (C=O) groups excluding carboxylic acids is 1. The van der Waals surface area contributed by atoms with Crippen molar-refractivity contribution in [3.05, 3.63) is 72.1 Å². The van der Waals surface area contributed by atoms with E-state index in [1.165, 1.54) is 12.0 Å². The van der Waals surface area contributed by atoms with Crippen molar-refractivity contribution >= 4 is 5.91 Å². The van der Waals surface area contributed by atoms with Crippen LogP contribution in [0.3, 0.4) is 0 Å². The van der Waals surface area contributed by atoms with E-state index in [1.807, 2.05) is 22.9 Å². The van der Waals surface area contributed by atoms with E-state index in [-0.39, 0.29) is 5.91 Å². The molecule has 1 saturated heterocycles. The minimum Gasteiger partial charge on any atom is -0.354 e. The van der Waals surface area contributed by atoms with Gasteiger partial charge < -0.3 is 5.32 Å². The van der Waals surface area contributed by atoms with Gasteiger partial charge in [0.25, 0.3) is 0 Å². The molecule has 1 aliphatic rings. The van der Waals surface area contributed by atoms with Crippen LogP contribution in [0, 0.1) is 0 Å². The quantitative estimate of drug-likeness (QED) is 0.478. The molecule has 7 heteroatoms. The minimum atomic E-state index is -0.400. The molecule has 0 aliphatic carbocycles. The Balaban J connectivity index is 1.54. The fraction of sp³-hybridized carbons (Fsp3) is 0.462. The number of nitrogens with zero attached hydrogens (tertiary/aromatic N) is 5. The van der Waals surface area contributed by atoms with E-state index in [1.54, 1.807) is 12.5 Å². The van der Waals surface area contributed by atoms with Gasteiger partial charge in [-0.25, -0.2) is 15.0 Å². The molecule has 0 saturated carbocycles. The van der Waals surface area contributed by atoms with Crippen LogP contribution in [0.1, 0.15) is 62.0 Å². The molecule has 33 heavy (non-hydrogen) atoms. The maximum absolute atomic E-state index is 13.5. The summed E-state index contributed by atoms with van der Waals surface area (Å²) in [6, 6.07) is 12.0. The molecule has 1 atom stereocenters. The molecule has 174 valence electrons. The maximum atomic E-state index is 13.5. The highest BCUT2D eigenvalue weighted by Gasteiger charge is 2.30. The predicted molar refractivity (Wildman–Crippen MR) is 129 cm³/mol. The van der Waals surface area contributed by atoms with Crippen molar-refractivity contribution in [3.8, 4) is 5.95 Å². The van der Waals surface area contributed by atoms with Crippen molar-refractivity contribution in [1.29, 1.82) is 0 Å². The van der Waals surface area contributed by atoms with Gasteiger partial charge in [0.1, 0.15) is 12.4 Å². The number of imidazole rings is 1. The predicted octanol–water partition coefficient (Wildman–Crippen LogP) is 3.89. The van der Waals surface area contributed by atoms with Crippen LogP contribution in [0.4, 0.5) is 0 Å². The maximum Gasteiger partial charge on any atom is 0.243 e. The lowest BCUT2D eigenvalue weighted by Crippen LogP contribution is -2.43. The summed E-state index contributed by atoms with van der Waals surface area (Å²) in [6.45, 7) is 4.62. The monoisotopic (exact) mass is 446 g/mol. The Hall–Kier alpha value is -3.06. The lowest BCUT2D eigenvalue weighted by Gasteiger charge is -2.33. The SMILES string of the molecule is CCCc1cc(C(C(=O)NCCCc2ccccc2)N2CCCCC2)nc(-n2ccnc2)n1. The molecule has 3 heterocycles. The summed E-state index contributed by atoms with van der Waals surface area (Å²) in [5, 5.41) is 3.19. The molecule has 1 aromatic carbocycles. The molecule has 4 rings (SSSR count). The summed E-state index contributed by atoms with van der Waals surface area (Å²) < 4.78 is 1.81. The second-order valence-corrected chi connectivity index (χ2v) is 8.68. The third-order valence-electron chi connectivity index (χ3n) is 6.10. The number of benzene rings is 1. The molecule has 0 spiro atoms. The molecule has 1 fully saturated rings. The highest BCUT2D eigenvalue weighted by molar-refractivity contribution is 5.82. The number of hydrogen-bond acceptors (Lipinski definition) is 5. The summed E-state index contributed by atoms with van der Waals surface area (Å²) >= 11 is 0. The number of likely N-dealkylation sites (tertiary alicyclic amines) is 1. The van der Waals surface area contributed by atoms with Crippen molar-refractivity contribution in [2.75, 3.05) is 19.6 Å². The zero-order valence-electron chi connectivity index (χ0n) is 19.5. The van der Waals surface area contributed by atoms with Crippen LogP contribution in [0.15, 0.2) is 55.1 Å². The zero-order chi connectivity index (χ0) is 22.9. The fourth-order valence-electron chi connectivity index (χ4n) is 4.43. The van der Waals surface area contributed by atoms with Crippen LogP contribution in [-0.4, -0.2) is 50.0 Å². The molecule has 1 amide bonds. The Morgan fingerprint density at radius 3 is 2.64 bits per heavy atom. The number of aryl methyl sites for hydroxylation is 2. The number of hydrogen-bond donors (Lipinski definition) is 1. The van der Waals surface area contributed by atoms with Crippen LogP contribution < -0.4 is 5.32 Å². The molecule has 7 nitrogen and oxygen atoms in total. The Labute approximate surface area is 196 Å². The van der Waals surface area contributed by atoms with Gasteiger partial charge in [0, 0.05) is 24.6 Å². The van der Waals surface area contributed by atoms with Crippen molar-refractivity contribution in [2.24, 2.45) is 0 Å². The van der Waals surface area contributed by atoms with E-state index in [9.17, 15) is 4.79 Å². The molecular formula is C26H34N6O. The topological polar surface area (TPSA) is 75.9 Å². The number of amides is 1. The smallest absolute Gasteiger partial charge is 0.243 e. The molecule has 0 bridgehead atoms. The van der Waals surface area contributed by atoms with E-state index in [0.717, 1.165) is 63.0 Å². The van der Waals surface area contributed by atoms with Crippen molar-refractivity contribution in [1.82, 2.24) is 29.7 Å². The lowest BCUT2D eigenvalue weighted by molar-refractivity contribution is -0.127. The highest BCUT2D eigenvalue weighted by Crippen LogP contribution is 2.25. The van der Waals surface area contributed by atoms with Gasteiger partial charge in [0.2, 0.25) is 11.9 Å². The second kappa shape index (κ2) is 11.7. The van der Waals surface area contributed by atoms with Gasteiger partial charge in [-0.3, -0.25) is 14.3 Å². The molecule has 1 N–H and O–H groups in total. The van der Waals surface area contributed by atoms with E-state index < -0.39 is 6.04 Å². The number of nitrogens with one attached hydrogen (secondary N) is 1. The Kier molecular flexibility index (Phi) is 8.19. The largest absolute Gasteiger partial charge is 0.354 e. The summed E-state index contributed by atoms with van der Waals surface area (Å²) in [5.74, 6) is 0.607. The summed E-state index contributed by atoms with van der Waals surface area (Å²) in [5.41, 5.74) is 3.04. The Bertz CT molecular complexity index is 999. The van der Waals surface area contributed by atoms with Gasteiger partial charge in [-0.1, -0.05) is 50.1 Å². The highest BCUT2D eigenvalue weighted by atomic mass is 16.2. The number of carbonyl (C=O) groups is 1. The molecule has 1 unspecified atom stereocenters. The van der Waals surface area contributed by atoms with Gasteiger partial charge in [-0.15, -0.1) is 0 Å². The van der Waals surface area contributed by atoms with E-state index in [4.69, 9.17) is 9.97 Å². The van der Waals surface area contributed by atoms with Crippen LogP contribution in [0.5, 0.6) is 0 Å². The normalized spacial score (nSPS) is 15.3. The molecule has 2 aromatic heterocycles. The van der Waals surface area contributed by atoms with E-state index in [0.29, 0.717) is 12.5 Å². The standard InChI is InChI=1S/C26H34N6O/c1-2-10-22-19-23(30-26(29-22)32-18-15-27-20-32)24(31-16-7-4-8-17-31)25(33)28-14-9-13-21-11-5-3-6-12-21/h3,5-6,11-12,15,18-20,24H,2,4,7-10,13-14,16-17H2,1H3,(H,28,33). The first-order valence-electron chi connectivity index (χ1n) is 12.2. The molecule has 0 radical (unpaired) electrons. The van der Waals surface area contributed by atoms with Crippen LogP contribution in [0.2, 0.25) is 0 Å². The average molecular weight is 447 g/mol. The first-order valence-corrected chi connectivity index (χ1v) is 12.2. The lowest BCUT2D eigenvalue weighted by atomic mass is 10.0. The fourth-order valence-corrected chi connectivity index (χ4v) is 4.43. The third-order valence-corrected chi connectivity index (χ3v) is 6.10. The van der Waals surface area contributed by atoms with Crippen LogP contribution >= 0.6 is 0 Å². The summed E-state index contributed by atoms with van der Waals surface area (Å²) in [7, 11) is 0. The first-order chi connectivity index (χ1) is 16.2. The summed E-state index contributed by atoms with van der Waals surface area (Å²) in [4.78, 5) is 29.5. The molecular weight excluding hydrogens is 412 g/mol.